The maximum Gasteiger partial charge on any atom is 0.354 e. The van der Waals surface area contributed by atoms with E-state index in [0.717, 1.165) is 16.7 Å². The Morgan fingerprint density at radius 1 is 1.15 bits per heavy atom. The average molecular weight is 674 g/mol. The average Bonchev–Trinajstić information content (AvgIpc) is 3.09. The van der Waals surface area contributed by atoms with E-state index < -0.39 is 83.0 Å². The highest BCUT2D eigenvalue weighted by Crippen LogP contribution is 2.49. The van der Waals surface area contributed by atoms with Crippen molar-refractivity contribution in [1.29, 1.82) is 0 Å². The molecule has 0 radical (unpaired) electrons. The fourth-order valence-corrected chi connectivity index (χ4v) is 8.75. The number of nitrogens with zero attached hydrogens (tertiary/aromatic N) is 5. The van der Waals surface area contributed by atoms with Gasteiger partial charge in [0.2, 0.25) is 5.91 Å². The van der Waals surface area contributed by atoms with Gasteiger partial charge >= 0.3 is 5.69 Å². The fourth-order valence-electron chi connectivity index (χ4n) is 6.30. The summed E-state index contributed by atoms with van der Waals surface area (Å²) in [7, 11) is -4.55. The lowest BCUT2D eigenvalue weighted by molar-refractivity contribution is -0.126. The first-order valence-electron chi connectivity index (χ1n) is 14.2. The van der Waals surface area contributed by atoms with Crippen LogP contribution in [0.4, 0.5) is 19.0 Å². The molecule has 2 aliphatic rings. The van der Waals surface area contributed by atoms with Crippen LogP contribution >= 0.6 is 11.6 Å². The largest absolute Gasteiger partial charge is 0.507 e. The molecule has 240 valence electrons. The van der Waals surface area contributed by atoms with E-state index in [4.69, 9.17) is 11.6 Å². The summed E-state index contributed by atoms with van der Waals surface area (Å²) in [6.45, 7) is 8.74. The van der Waals surface area contributed by atoms with E-state index in [2.05, 4.69) is 16.5 Å². The molecule has 1 N–H and O–H groups in total. The van der Waals surface area contributed by atoms with Crippen molar-refractivity contribution in [2.24, 2.45) is 0 Å². The van der Waals surface area contributed by atoms with Crippen molar-refractivity contribution in [2.45, 2.75) is 37.6 Å². The van der Waals surface area contributed by atoms with E-state index in [-0.39, 0.29) is 42.4 Å². The molecular formula is C31H27ClF3N5O5S. The van der Waals surface area contributed by atoms with E-state index in [9.17, 15) is 27.5 Å². The van der Waals surface area contributed by atoms with E-state index >= 15 is 8.78 Å². The first-order chi connectivity index (χ1) is 21.7. The van der Waals surface area contributed by atoms with Gasteiger partial charge in [0.15, 0.2) is 27.3 Å². The number of hydrogen-bond acceptors (Lipinski definition) is 8. The Labute approximate surface area is 266 Å². The first kappa shape index (κ1) is 31.5. The van der Waals surface area contributed by atoms with Gasteiger partial charge in [-0.15, -0.1) is 0 Å². The maximum atomic E-state index is 17.3. The highest BCUT2D eigenvalue weighted by molar-refractivity contribution is 7.91. The molecule has 4 heterocycles. The summed E-state index contributed by atoms with van der Waals surface area (Å²) in [5.41, 5.74) is -2.69. The number of halogens is 4. The highest BCUT2D eigenvalue weighted by Gasteiger charge is 2.43. The van der Waals surface area contributed by atoms with Crippen molar-refractivity contribution < 1.29 is 31.5 Å². The number of carbonyl (C=O) groups excluding carboxylic acids is 1. The molecule has 4 aromatic rings. The summed E-state index contributed by atoms with van der Waals surface area (Å²) in [5, 5.41) is 9.47. The van der Waals surface area contributed by atoms with Crippen molar-refractivity contribution in [2.75, 3.05) is 30.3 Å². The number of phenolic OH excluding ortho intramolecular Hbond substituents is 1. The van der Waals surface area contributed by atoms with Crippen molar-refractivity contribution >= 4 is 44.1 Å². The number of amides is 1. The van der Waals surface area contributed by atoms with Gasteiger partial charge in [0.05, 0.1) is 49.6 Å². The molecule has 1 unspecified atom stereocenters. The minimum Gasteiger partial charge on any atom is -0.507 e. The lowest BCUT2D eigenvalue weighted by Gasteiger charge is -2.41. The number of aromatic hydroxyl groups is 1. The molecule has 0 spiro atoms. The van der Waals surface area contributed by atoms with Crippen LogP contribution in [-0.4, -0.2) is 70.3 Å². The summed E-state index contributed by atoms with van der Waals surface area (Å²) in [6, 6.07) is 2.02. The van der Waals surface area contributed by atoms with Crippen molar-refractivity contribution in [3.05, 3.63) is 81.3 Å². The van der Waals surface area contributed by atoms with Gasteiger partial charge in [0.1, 0.15) is 11.6 Å². The zero-order valence-corrected chi connectivity index (χ0v) is 26.4. The number of anilines is 1. The molecule has 0 aliphatic carbocycles. The first-order valence-corrected chi connectivity index (χ1v) is 16.2. The number of aromatic nitrogens is 3. The Morgan fingerprint density at radius 3 is 2.54 bits per heavy atom. The van der Waals surface area contributed by atoms with Gasteiger partial charge in [0.25, 0.3) is 0 Å². The Hall–Kier alpha value is -4.43. The third-order valence-corrected chi connectivity index (χ3v) is 10.7. The number of fused-ring (bicyclic) bond motifs is 2. The molecule has 2 aromatic carbocycles. The molecule has 15 heteroatoms. The Kier molecular flexibility index (Phi) is 7.63. The normalized spacial score (nSPS) is 17.3. The molecule has 1 amide bonds. The van der Waals surface area contributed by atoms with Gasteiger partial charge in [-0.2, -0.15) is 4.98 Å². The third-order valence-electron chi connectivity index (χ3n) is 8.36. The predicted octanol–water partition coefficient (Wildman–Crippen LogP) is 4.65. The van der Waals surface area contributed by atoms with Gasteiger partial charge < -0.3 is 14.9 Å². The van der Waals surface area contributed by atoms with Gasteiger partial charge in [-0.05, 0) is 42.7 Å². The smallest absolute Gasteiger partial charge is 0.354 e. The summed E-state index contributed by atoms with van der Waals surface area (Å²) >= 11 is 6.69. The Bertz CT molecular complexity index is 2170. The number of hydrogen-bond donors (Lipinski definition) is 1. The number of benzene rings is 2. The standard InChI is InChI=1S/C31H27ClF3N5O5S/c1-5-19(42)38-10-11-39-16(12-38)13-46(44,45)29-22-28(25(35)21(23(29)32)20-18(41)7-6-17(33)24(20)34)40(31(43)37-30(22)39)27-15(4)8-9-36-26(27)14(2)3/h5-9,14,16,41H,1,10-13H2,2-4H3. The lowest BCUT2D eigenvalue weighted by Crippen LogP contribution is -2.57. The van der Waals surface area contributed by atoms with E-state index in [1.165, 1.54) is 16.0 Å². The number of sulfone groups is 1. The number of pyridine rings is 1. The zero-order chi connectivity index (χ0) is 33.4. The minimum atomic E-state index is -4.55. The summed E-state index contributed by atoms with van der Waals surface area (Å²) in [4.78, 5) is 37.5. The highest BCUT2D eigenvalue weighted by atomic mass is 35.5. The van der Waals surface area contributed by atoms with Gasteiger partial charge in [-0.1, -0.05) is 32.0 Å². The number of carbonyl (C=O) groups is 1. The predicted molar refractivity (Wildman–Crippen MR) is 166 cm³/mol. The Balaban J connectivity index is 1.85. The van der Waals surface area contributed by atoms with E-state index in [1.807, 2.05) is 0 Å². The molecule has 1 saturated heterocycles. The van der Waals surface area contributed by atoms with E-state index in [1.54, 1.807) is 26.8 Å². The second kappa shape index (κ2) is 11.1. The second-order valence-electron chi connectivity index (χ2n) is 11.5. The van der Waals surface area contributed by atoms with Crippen LogP contribution in [0.3, 0.4) is 0 Å². The Morgan fingerprint density at radius 2 is 1.87 bits per heavy atom. The summed E-state index contributed by atoms with van der Waals surface area (Å²) in [5.74, 6) is -7.06. The van der Waals surface area contributed by atoms with Gasteiger partial charge in [-0.25, -0.2) is 26.4 Å². The minimum absolute atomic E-state index is 0.0221. The molecule has 2 aliphatic heterocycles. The van der Waals surface area contributed by atoms with Crippen molar-refractivity contribution in [3.63, 3.8) is 0 Å². The SMILES string of the molecule is C=CC(=O)N1CCN2c3nc(=O)n(-c4c(C)ccnc4C(C)C)c4c(F)c(-c5c(O)ccc(F)c5F)c(Cl)c(c34)S(=O)(=O)CC2C1. The molecule has 2 aromatic heterocycles. The van der Waals surface area contributed by atoms with Crippen molar-refractivity contribution in [1.82, 2.24) is 19.4 Å². The molecular weight excluding hydrogens is 647 g/mol. The van der Waals surface area contributed by atoms with Gasteiger partial charge in [0, 0.05) is 31.4 Å². The topological polar surface area (TPSA) is 126 Å². The van der Waals surface area contributed by atoms with Crippen LogP contribution in [0.5, 0.6) is 5.75 Å². The summed E-state index contributed by atoms with van der Waals surface area (Å²) in [6.07, 6.45) is 2.59. The molecule has 0 bridgehead atoms. The number of aryl methyl sites for hydroxylation is 1. The monoisotopic (exact) mass is 673 g/mol. The van der Waals surface area contributed by atoms with Gasteiger partial charge in [-0.3, -0.25) is 14.3 Å². The number of piperazine rings is 1. The maximum absolute atomic E-state index is 17.3. The number of rotatable bonds is 4. The van der Waals surface area contributed by atoms with Crippen LogP contribution in [0, 0.1) is 24.4 Å². The van der Waals surface area contributed by atoms with Crippen LogP contribution in [0.2, 0.25) is 5.02 Å². The summed E-state index contributed by atoms with van der Waals surface area (Å²) < 4.78 is 76.7. The van der Waals surface area contributed by atoms with Crippen molar-refractivity contribution in [3.8, 4) is 22.6 Å². The molecule has 6 rings (SSSR count). The quantitative estimate of drug-likeness (QED) is 0.245. The molecule has 46 heavy (non-hydrogen) atoms. The molecule has 1 fully saturated rings. The fraction of sp³-hybridized carbons (Fsp3) is 0.290. The van der Waals surface area contributed by atoms with Crippen LogP contribution in [-0.2, 0) is 14.6 Å². The van der Waals surface area contributed by atoms with Crippen LogP contribution in [0.25, 0.3) is 27.7 Å². The van der Waals surface area contributed by atoms with E-state index in [0.29, 0.717) is 17.3 Å². The number of phenols is 1. The third kappa shape index (κ3) is 4.65. The van der Waals surface area contributed by atoms with Crippen LogP contribution in [0.1, 0.15) is 31.0 Å². The van der Waals surface area contributed by atoms with Crippen LogP contribution in [0.15, 0.2) is 46.7 Å². The second-order valence-corrected chi connectivity index (χ2v) is 13.8. The zero-order valence-electron chi connectivity index (χ0n) is 24.8. The lowest BCUT2D eigenvalue weighted by atomic mass is 9.99. The van der Waals surface area contributed by atoms with Crippen LogP contribution < -0.4 is 10.6 Å². The molecule has 1 atom stereocenters. The molecule has 10 nitrogen and oxygen atoms in total. The molecule has 0 saturated carbocycles.